The monoisotopic (exact) mass is 383 g/mol. The van der Waals surface area contributed by atoms with Crippen LogP contribution >= 0.6 is 10.5 Å². The molecule has 27 heavy (non-hydrogen) atoms. The standard InChI is InChI=1S/C19H17N3O4S/c1-11(2)26-9-12-3-5-13(6-4-12)22-15-7-8-20-17-16(15)14(21-18(22)23)10-27(17)19(24)25/h3-8,10-11H,9H2,1-2H3,(H-,21,23,24,25). The third-order valence-corrected chi connectivity index (χ3v) is 5.81. The summed E-state index contributed by atoms with van der Waals surface area (Å²) in [6, 6.07) is 8.86. The van der Waals surface area contributed by atoms with Crippen LogP contribution in [0.1, 0.15) is 19.4 Å². The van der Waals surface area contributed by atoms with Gasteiger partial charge in [-0.3, -0.25) is 4.90 Å². The summed E-state index contributed by atoms with van der Waals surface area (Å²) >= 11 is 0. The molecule has 3 aromatic rings. The van der Waals surface area contributed by atoms with E-state index in [1.54, 1.807) is 6.07 Å². The van der Waals surface area contributed by atoms with E-state index < -0.39 is 15.8 Å². The molecular weight excluding hydrogens is 366 g/mol. The first-order valence-corrected chi connectivity index (χ1v) is 9.71. The number of urea groups is 1. The molecule has 4 rings (SSSR count). The van der Waals surface area contributed by atoms with Crippen LogP contribution in [0.2, 0.25) is 0 Å². The molecule has 2 aromatic heterocycles. The number of carboxylic acid groups (broad SMARTS) is 1. The van der Waals surface area contributed by atoms with Gasteiger partial charge in [0.2, 0.25) is 0 Å². The molecule has 1 aliphatic heterocycles. The van der Waals surface area contributed by atoms with E-state index in [1.807, 2.05) is 38.1 Å². The molecule has 2 amide bonds. The van der Waals surface area contributed by atoms with Gasteiger partial charge in [-0.05, 0) is 37.6 Å². The van der Waals surface area contributed by atoms with Gasteiger partial charge in [0.05, 0.1) is 34.6 Å². The second-order valence-corrected chi connectivity index (χ2v) is 8.05. The highest BCUT2D eigenvalue weighted by molar-refractivity contribution is 7.54. The summed E-state index contributed by atoms with van der Waals surface area (Å²) in [7, 11) is -1.28. The average Bonchev–Trinajstić information content (AvgIpc) is 3.01. The molecule has 3 heterocycles. The van der Waals surface area contributed by atoms with Gasteiger partial charge in [0, 0.05) is 6.20 Å². The number of nitrogens with zero attached hydrogens (tertiary/aromatic N) is 2. The fourth-order valence-corrected chi connectivity index (χ4v) is 4.42. The Morgan fingerprint density at radius 1 is 1.30 bits per heavy atom. The van der Waals surface area contributed by atoms with E-state index in [2.05, 4.69) is 10.3 Å². The number of pyridine rings is 1. The zero-order valence-electron chi connectivity index (χ0n) is 14.8. The molecular formula is C19H17N3O4S. The highest BCUT2D eigenvalue weighted by atomic mass is 32.2. The van der Waals surface area contributed by atoms with Crippen LogP contribution in [0.25, 0.3) is 10.2 Å². The number of aromatic nitrogens is 1. The van der Waals surface area contributed by atoms with Crippen molar-refractivity contribution in [2.45, 2.75) is 26.6 Å². The molecule has 1 unspecified atom stereocenters. The molecule has 1 N–H and O–H groups in total. The summed E-state index contributed by atoms with van der Waals surface area (Å²) in [6.45, 7) is 4.44. The van der Waals surface area contributed by atoms with Crippen LogP contribution in [0.4, 0.5) is 26.7 Å². The summed E-state index contributed by atoms with van der Waals surface area (Å²) in [6.07, 6.45) is 1.66. The first-order chi connectivity index (χ1) is 13.0. The molecule has 0 aliphatic carbocycles. The van der Waals surface area contributed by atoms with Crippen molar-refractivity contribution in [1.82, 2.24) is 4.98 Å². The van der Waals surface area contributed by atoms with Gasteiger partial charge in [0.15, 0.2) is 5.38 Å². The first-order valence-electron chi connectivity index (χ1n) is 8.42. The van der Waals surface area contributed by atoms with Gasteiger partial charge in [0.25, 0.3) is 4.83 Å². The van der Waals surface area contributed by atoms with Crippen molar-refractivity contribution in [1.29, 1.82) is 0 Å². The Kier molecular flexibility index (Phi) is 4.29. The molecule has 0 saturated heterocycles. The fourth-order valence-electron chi connectivity index (χ4n) is 3.03. The van der Waals surface area contributed by atoms with Crippen LogP contribution in [0.3, 0.4) is 0 Å². The lowest BCUT2D eigenvalue weighted by atomic mass is 10.1. The summed E-state index contributed by atoms with van der Waals surface area (Å²) in [5, 5.41) is 15.1. The molecule has 138 valence electrons. The fraction of sp³-hybridized carbons (Fsp3) is 0.211. The molecule has 1 atom stereocenters. The molecule has 0 spiro atoms. The van der Waals surface area contributed by atoms with Gasteiger partial charge in [0.1, 0.15) is 11.1 Å². The lowest BCUT2D eigenvalue weighted by molar-refractivity contribution is -0.233. The number of thiophene rings is 1. The molecule has 8 heteroatoms. The van der Waals surface area contributed by atoms with E-state index in [0.29, 0.717) is 33.9 Å². The quantitative estimate of drug-likeness (QED) is 0.677. The number of hydrogen-bond acceptors (Lipinski definition) is 5. The number of carbonyl (C=O) groups is 2. The van der Waals surface area contributed by atoms with Crippen molar-refractivity contribution >= 4 is 49.1 Å². The minimum absolute atomic E-state index is 0.139. The van der Waals surface area contributed by atoms with Crippen molar-refractivity contribution in [3.8, 4) is 0 Å². The highest BCUT2D eigenvalue weighted by Crippen LogP contribution is 2.46. The zero-order chi connectivity index (χ0) is 19.1. The number of carbonyl (C=O) groups excluding carboxylic acids is 2. The van der Waals surface area contributed by atoms with E-state index >= 15 is 0 Å². The minimum Gasteiger partial charge on any atom is -0.500 e. The number of amides is 2. The maximum absolute atomic E-state index is 12.7. The number of hydrogen-bond donors (Lipinski definition) is 1. The predicted molar refractivity (Wildman–Crippen MR) is 103 cm³/mol. The second-order valence-electron chi connectivity index (χ2n) is 6.42. The number of benzene rings is 1. The molecule has 1 aromatic carbocycles. The number of nitrogens with one attached hydrogen (secondary N) is 1. The van der Waals surface area contributed by atoms with E-state index in [0.717, 1.165) is 5.56 Å². The van der Waals surface area contributed by atoms with Crippen LogP contribution in [0.15, 0.2) is 41.9 Å². The summed E-state index contributed by atoms with van der Waals surface area (Å²) in [5.41, 5.74) is 2.76. The van der Waals surface area contributed by atoms with Crippen molar-refractivity contribution in [2.75, 3.05) is 10.2 Å². The second kappa shape index (κ2) is 6.64. The Hall–Kier alpha value is -2.97. The maximum Gasteiger partial charge on any atom is 0.331 e. The highest BCUT2D eigenvalue weighted by Gasteiger charge is 2.34. The van der Waals surface area contributed by atoms with Crippen LogP contribution in [-0.2, 0) is 11.3 Å². The maximum atomic E-state index is 12.7. The van der Waals surface area contributed by atoms with Crippen molar-refractivity contribution in [3.05, 3.63) is 47.5 Å². The Labute approximate surface area is 158 Å². The normalized spacial score (nSPS) is 14.0. The third kappa shape index (κ3) is 3.02. The van der Waals surface area contributed by atoms with Crippen LogP contribution < -0.4 is 15.3 Å². The van der Waals surface area contributed by atoms with E-state index in [1.165, 1.54) is 16.5 Å². The Balaban J connectivity index is 1.76. The Morgan fingerprint density at radius 3 is 2.70 bits per heavy atom. The van der Waals surface area contributed by atoms with E-state index in [-0.39, 0.29) is 12.1 Å². The largest absolute Gasteiger partial charge is 0.500 e. The predicted octanol–water partition coefficient (Wildman–Crippen LogP) is 3.78. The van der Waals surface area contributed by atoms with Gasteiger partial charge in [-0.15, -0.1) is 0 Å². The van der Waals surface area contributed by atoms with Gasteiger partial charge < -0.3 is 20.0 Å². The minimum atomic E-state index is -1.28. The van der Waals surface area contributed by atoms with Gasteiger partial charge >= 0.3 is 11.3 Å². The van der Waals surface area contributed by atoms with Crippen LogP contribution in [0, 0.1) is 0 Å². The molecule has 0 fully saturated rings. The number of anilines is 3. The smallest absolute Gasteiger partial charge is 0.331 e. The molecule has 0 bridgehead atoms. The molecule has 0 saturated carbocycles. The van der Waals surface area contributed by atoms with E-state index in [9.17, 15) is 14.7 Å². The molecule has 1 aliphatic rings. The zero-order valence-corrected chi connectivity index (χ0v) is 15.6. The van der Waals surface area contributed by atoms with Crippen LogP contribution in [0.5, 0.6) is 0 Å². The van der Waals surface area contributed by atoms with Crippen molar-refractivity contribution < 1.29 is 19.4 Å². The van der Waals surface area contributed by atoms with Crippen molar-refractivity contribution in [3.63, 3.8) is 0 Å². The first kappa shape index (κ1) is 17.4. The SMILES string of the molecule is CC(C)OCc1ccc(N2C(=O)Nc3c[s+](C(=O)[O-])c4nccc2c34)cc1. The third-order valence-electron chi connectivity index (χ3n) is 4.25. The average molecular weight is 383 g/mol. The van der Waals surface area contributed by atoms with E-state index in [4.69, 9.17) is 4.74 Å². The molecule has 7 nitrogen and oxygen atoms in total. The molecule has 0 radical (unpaired) electrons. The Bertz CT molecular complexity index is 1040. The topological polar surface area (TPSA) is 94.6 Å². The lowest BCUT2D eigenvalue weighted by Gasteiger charge is -2.27. The van der Waals surface area contributed by atoms with Gasteiger partial charge in [-0.1, -0.05) is 12.1 Å². The van der Waals surface area contributed by atoms with Crippen LogP contribution in [-0.4, -0.2) is 22.4 Å². The lowest BCUT2D eigenvalue weighted by Crippen LogP contribution is -2.33. The summed E-state index contributed by atoms with van der Waals surface area (Å²) in [5.74, 6) is 0. The summed E-state index contributed by atoms with van der Waals surface area (Å²) in [4.78, 5) is 30.3. The van der Waals surface area contributed by atoms with Crippen molar-refractivity contribution in [2.24, 2.45) is 0 Å². The van der Waals surface area contributed by atoms with Gasteiger partial charge in [-0.2, -0.15) is 0 Å². The van der Waals surface area contributed by atoms with Gasteiger partial charge in [-0.25, -0.2) is 9.78 Å². The summed E-state index contributed by atoms with van der Waals surface area (Å²) < 4.78 is 5.59. The number of ether oxygens (including phenoxy) is 1. The Morgan fingerprint density at radius 2 is 2.04 bits per heavy atom. The number of rotatable bonds is 5.